The molecule has 0 bridgehead atoms. The predicted octanol–water partition coefficient (Wildman–Crippen LogP) is 8.72. The fourth-order valence-electron chi connectivity index (χ4n) is 4.02. The third-order valence-corrected chi connectivity index (χ3v) is 39.8. The van der Waals surface area contributed by atoms with Crippen LogP contribution in [0.25, 0.3) is 0 Å². The van der Waals surface area contributed by atoms with Crippen LogP contribution in [0.15, 0.2) is 0 Å². The van der Waals surface area contributed by atoms with Crippen molar-refractivity contribution in [1.82, 2.24) is 0 Å². The zero-order valence-corrected chi connectivity index (χ0v) is 26.7. The van der Waals surface area contributed by atoms with Crippen molar-refractivity contribution in [2.24, 2.45) is 0 Å². The van der Waals surface area contributed by atoms with Gasteiger partial charge in [0.25, 0.3) is 0 Å². The molecule has 3 nitrogen and oxygen atoms in total. The van der Waals surface area contributed by atoms with Crippen LogP contribution >= 0.6 is 0 Å². The molecule has 0 aromatic carbocycles. The molecule has 0 aromatic rings. The summed E-state index contributed by atoms with van der Waals surface area (Å²) in [5, 5.41) is 0. The monoisotopic (exact) mass is 630 g/mol. The molecule has 176 valence electrons. The molecule has 0 aliphatic carbocycles. The van der Waals surface area contributed by atoms with E-state index >= 15 is 0 Å². The first-order chi connectivity index (χ1) is 14.1. The van der Waals surface area contributed by atoms with Crippen LogP contribution in [-0.2, 0) is 7.56 Å². The van der Waals surface area contributed by atoms with Crippen LogP contribution in [0.3, 0.4) is 0 Å². The molecular formula is C24H54O3Sn2. The van der Waals surface area contributed by atoms with Gasteiger partial charge in [0.2, 0.25) is 0 Å². The molecule has 2 atom stereocenters. The molecule has 2 unspecified atom stereocenters. The van der Waals surface area contributed by atoms with E-state index in [0.29, 0.717) is 0 Å². The van der Waals surface area contributed by atoms with Gasteiger partial charge in [0.05, 0.1) is 0 Å². The fraction of sp³-hybridized carbons (Fsp3) is 1.00. The van der Waals surface area contributed by atoms with Gasteiger partial charge in [0.1, 0.15) is 0 Å². The van der Waals surface area contributed by atoms with Gasteiger partial charge in [0.15, 0.2) is 0 Å². The van der Waals surface area contributed by atoms with Crippen molar-refractivity contribution in [3.63, 3.8) is 0 Å². The summed E-state index contributed by atoms with van der Waals surface area (Å²) in [4.78, 5) is 0. The van der Waals surface area contributed by atoms with Crippen LogP contribution in [-0.4, -0.2) is 51.6 Å². The minimum atomic E-state index is -3.11. The van der Waals surface area contributed by atoms with Crippen LogP contribution in [0.2, 0.25) is 17.7 Å². The molecule has 29 heavy (non-hydrogen) atoms. The molecule has 0 heterocycles. The molecular weight excluding hydrogens is 574 g/mol. The van der Waals surface area contributed by atoms with Crippen molar-refractivity contribution in [2.75, 3.05) is 13.2 Å². The Morgan fingerprint density at radius 1 is 0.414 bits per heavy atom. The maximum atomic E-state index is 7.45. The molecule has 0 amide bonds. The predicted molar refractivity (Wildman–Crippen MR) is 133 cm³/mol. The summed E-state index contributed by atoms with van der Waals surface area (Å²) >= 11 is -6.21. The Hall–Kier alpha value is 1.48. The summed E-state index contributed by atoms with van der Waals surface area (Å²) < 4.78 is 26.0. The molecule has 5 heteroatoms. The normalized spacial score (nSPS) is 15.9. The van der Waals surface area contributed by atoms with Gasteiger partial charge < -0.3 is 0 Å². The summed E-state index contributed by atoms with van der Waals surface area (Å²) in [5.74, 6) is 0. The molecule has 0 rings (SSSR count). The standard InChI is InChI=1S/2C5H11O.2C4H9.2C3H7.O.2Sn/c2*1-2-3-4-5-6;2*1-3-4-2;2*1-3-2;;;/h2*2-5H2,1H3;2*1,3-4H2,2H3;2*1,3H2,2H3;;;/q2*-1;;;;;;2*+1. The molecule has 0 saturated carbocycles. The topological polar surface area (TPSA) is 27.7 Å². The Morgan fingerprint density at radius 3 is 1.10 bits per heavy atom. The van der Waals surface area contributed by atoms with Crippen LogP contribution < -0.4 is 0 Å². The Balaban J connectivity index is 5.53. The van der Waals surface area contributed by atoms with Gasteiger partial charge >= 0.3 is 196 Å². The van der Waals surface area contributed by atoms with E-state index in [1.54, 1.807) is 0 Å². The van der Waals surface area contributed by atoms with E-state index in [0.717, 1.165) is 13.2 Å². The quantitative estimate of drug-likeness (QED) is 0.0888. The van der Waals surface area contributed by atoms with Crippen molar-refractivity contribution in [2.45, 2.75) is 136 Å². The van der Waals surface area contributed by atoms with Gasteiger partial charge in [-0.2, -0.15) is 0 Å². The first-order valence-corrected chi connectivity index (χ1v) is 25.8. The van der Waals surface area contributed by atoms with E-state index in [1.165, 1.54) is 94.8 Å². The molecule has 0 radical (unpaired) electrons. The van der Waals surface area contributed by atoms with Gasteiger partial charge in [-0.1, -0.05) is 0 Å². The third-order valence-electron chi connectivity index (χ3n) is 5.68. The van der Waals surface area contributed by atoms with Crippen molar-refractivity contribution < 1.29 is 7.56 Å². The zero-order chi connectivity index (χ0) is 21.8. The molecule has 0 saturated heterocycles. The van der Waals surface area contributed by atoms with Gasteiger partial charge in [-0.05, 0) is 0 Å². The molecule has 0 spiro atoms. The minimum absolute atomic E-state index is 0.922. The first kappa shape index (κ1) is 30.5. The Bertz CT molecular complexity index is 325. The number of rotatable bonds is 22. The van der Waals surface area contributed by atoms with Crippen LogP contribution in [0.5, 0.6) is 0 Å². The van der Waals surface area contributed by atoms with E-state index in [9.17, 15) is 0 Å². The Labute approximate surface area is 194 Å². The first-order valence-electron chi connectivity index (χ1n) is 13.1. The van der Waals surface area contributed by atoms with Gasteiger partial charge in [0, 0.05) is 0 Å². The van der Waals surface area contributed by atoms with E-state index < -0.39 is 38.4 Å². The van der Waals surface area contributed by atoms with Gasteiger partial charge in [-0.15, -0.1) is 0 Å². The van der Waals surface area contributed by atoms with Crippen molar-refractivity contribution in [3.8, 4) is 0 Å². The summed E-state index contributed by atoms with van der Waals surface area (Å²) in [6.07, 6.45) is 14.9. The molecule has 0 aliphatic heterocycles. The van der Waals surface area contributed by atoms with Gasteiger partial charge in [-0.25, -0.2) is 0 Å². The SMILES string of the molecule is CCCCC[O][Sn]([CH2]CC)([CH2]CCC)[O][Sn]([CH2]CC)([CH2]CCC)[O]CCCCC. The van der Waals surface area contributed by atoms with Crippen LogP contribution in [0, 0.1) is 0 Å². The summed E-state index contributed by atoms with van der Waals surface area (Å²) in [6.45, 7) is 15.6. The second kappa shape index (κ2) is 20.1. The average molecular weight is 628 g/mol. The molecule has 0 aromatic heterocycles. The van der Waals surface area contributed by atoms with Crippen molar-refractivity contribution in [1.29, 1.82) is 0 Å². The number of unbranched alkanes of at least 4 members (excludes halogenated alkanes) is 6. The van der Waals surface area contributed by atoms with Crippen LogP contribution in [0.4, 0.5) is 0 Å². The maximum absolute atomic E-state index is 7.45. The fourth-order valence-corrected chi connectivity index (χ4v) is 46.0. The Kier molecular flexibility index (Phi) is 21.1. The summed E-state index contributed by atoms with van der Waals surface area (Å²) in [7, 11) is 0. The molecule has 0 N–H and O–H groups in total. The van der Waals surface area contributed by atoms with E-state index in [-0.39, 0.29) is 0 Å². The van der Waals surface area contributed by atoms with Crippen molar-refractivity contribution in [3.05, 3.63) is 0 Å². The van der Waals surface area contributed by atoms with Gasteiger partial charge in [-0.3, -0.25) is 0 Å². The third kappa shape index (κ3) is 14.3. The summed E-state index contributed by atoms with van der Waals surface area (Å²) in [5.41, 5.74) is 0. The second-order valence-corrected chi connectivity index (χ2v) is 31.0. The zero-order valence-electron chi connectivity index (χ0n) is 21.0. The van der Waals surface area contributed by atoms with Crippen molar-refractivity contribution >= 4 is 38.4 Å². The average Bonchev–Trinajstić information content (AvgIpc) is 2.72. The second-order valence-electron chi connectivity index (χ2n) is 8.74. The van der Waals surface area contributed by atoms with E-state index in [4.69, 9.17) is 7.56 Å². The van der Waals surface area contributed by atoms with E-state index in [2.05, 4.69) is 41.5 Å². The number of hydrogen-bond donors (Lipinski definition) is 0. The number of hydrogen-bond acceptors (Lipinski definition) is 3. The Morgan fingerprint density at radius 2 is 0.793 bits per heavy atom. The molecule has 0 fully saturated rings. The summed E-state index contributed by atoms with van der Waals surface area (Å²) in [6, 6.07) is 0. The van der Waals surface area contributed by atoms with Crippen LogP contribution in [0.1, 0.15) is 119 Å². The van der Waals surface area contributed by atoms with E-state index in [1.807, 2.05) is 0 Å². The molecule has 0 aliphatic rings.